The molecular weight excluding hydrogens is 546 g/mol. The Kier molecular flexibility index (Phi) is 5.00. The summed E-state index contributed by atoms with van der Waals surface area (Å²) in [4.78, 5) is 10.7. The highest BCUT2D eigenvalue weighted by Crippen LogP contribution is 2.46. The molecule has 0 bridgehead atoms. The number of hydrogen-bond acceptors (Lipinski definition) is 2. The van der Waals surface area contributed by atoms with Crippen molar-refractivity contribution in [2.45, 2.75) is 0 Å². The minimum absolute atomic E-state index is 0.677. The van der Waals surface area contributed by atoms with Crippen LogP contribution in [0.15, 0.2) is 152 Å². The van der Waals surface area contributed by atoms with Gasteiger partial charge in [0.25, 0.3) is 0 Å². The zero-order chi connectivity index (χ0) is 29.5. The number of rotatable bonds is 3. The summed E-state index contributed by atoms with van der Waals surface area (Å²) in [6.45, 7) is 0. The lowest BCUT2D eigenvalue weighted by Gasteiger charge is -2.13. The molecule has 0 saturated carbocycles. The van der Waals surface area contributed by atoms with E-state index in [1.54, 1.807) is 0 Å². The van der Waals surface area contributed by atoms with Crippen molar-refractivity contribution in [3.63, 3.8) is 0 Å². The standard InChI is InChI=1S/C42H25N3/c1-3-12-26(13-4-1)28-22-23-34-35(24-28)43-42(44-41(34)27-14-5-2-6-15-27)45-36-21-11-20-33-31-18-9-10-19-32(31)38-30-17-8-7-16-29(30)25-37(45)40(38)39(33)36/h1-25H. The largest absolute Gasteiger partial charge is 0.278 e. The summed E-state index contributed by atoms with van der Waals surface area (Å²) < 4.78 is 2.29. The molecule has 10 aromatic rings. The Morgan fingerprint density at radius 1 is 0.378 bits per heavy atom. The summed E-state index contributed by atoms with van der Waals surface area (Å²) in [6, 6.07) is 54.1. The number of benzene rings is 8. The van der Waals surface area contributed by atoms with Gasteiger partial charge in [-0.3, -0.25) is 4.57 Å². The van der Waals surface area contributed by atoms with Crippen molar-refractivity contribution in [2.24, 2.45) is 0 Å². The van der Waals surface area contributed by atoms with E-state index in [4.69, 9.17) is 9.97 Å². The van der Waals surface area contributed by atoms with E-state index < -0.39 is 0 Å². The van der Waals surface area contributed by atoms with Crippen LogP contribution in [0.5, 0.6) is 0 Å². The van der Waals surface area contributed by atoms with Crippen LogP contribution >= 0.6 is 0 Å². The zero-order valence-electron chi connectivity index (χ0n) is 24.3. The van der Waals surface area contributed by atoms with Gasteiger partial charge in [0.2, 0.25) is 5.95 Å². The maximum absolute atomic E-state index is 5.38. The first-order valence-electron chi connectivity index (χ1n) is 15.4. The Labute approximate surface area is 259 Å². The topological polar surface area (TPSA) is 30.7 Å². The molecule has 2 aromatic heterocycles. The zero-order valence-corrected chi connectivity index (χ0v) is 24.3. The highest BCUT2D eigenvalue weighted by atomic mass is 15.2. The molecule has 2 heterocycles. The van der Waals surface area contributed by atoms with Crippen molar-refractivity contribution in [2.75, 3.05) is 0 Å². The molecule has 0 atom stereocenters. The minimum atomic E-state index is 0.677. The Balaban J connectivity index is 1.39. The second-order valence-electron chi connectivity index (χ2n) is 11.8. The SMILES string of the molecule is c1ccc(-c2ccc3c(-c4ccccc4)nc(-n4c5cccc6c7ccccc7c7c8ccccc8cc4c7c65)nc3c2)cc1. The van der Waals surface area contributed by atoms with Crippen LogP contribution in [-0.2, 0) is 0 Å². The molecule has 0 fully saturated rings. The molecule has 10 rings (SSSR count). The third-order valence-corrected chi connectivity index (χ3v) is 9.33. The van der Waals surface area contributed by atoms with E-state index in [-0.39, 0.29) is 0 Å². The lowest BCUT2D eigenvalue weighted by Crippen LogP contribution is -2.03. The van der Waals surface area contributed by atoms with Crippen LogP contribution in [0.1, 0.15) is 0 Å². The van der Waals surface area contributed by atoms with E-state index in [0.717, 1.165) is 38.8 Å². The minimum Gasteiger partial charge on any atom is -0.278 e. The fraction of sp³-hybridized carbons (Fsp3) is 0. The predicted octanol–water partition coefficient (Wildman–Crippen LogP) is 11.0. The second kappa shape index (κ2) is 9.22. The van der Waals surface area contributed by atoms with Gasteiger partial charge >= 0.3 is 0 Å². The maximum Gasteiger partial charge on any atom is 0.235 e. The van der Waals surface area contributed by atoms with Gasteiger partial charge in [0.1, 0.15) is 0 Å². The molecule has 0 aliphatic rings. The Bertz CT molecular complexity index is 2740. The molecule has 0 saturated heterocycles. The fourth-order valence-electron chi connectivity index (χ4n) is 7.38. The molecule has 0 unspecified atom stereocenters. The number of aromatic nitrogens is 3. The number of nitrogens with zero attached hydrogens (tertiary/aromatic N) is 3. The fourth-order valence-corrected chi connectivity index (χ4v) is 7.38. The van der Waals surface area contributed by atoms with Crippen LogP contribution in [0.3, 0.4) is 0 Å². The average molecular weight is 572 g/mol. The van der Waals surface area contributed by atoms with Crippen LogP contribution in [0, 0.1) is 0 Å². The van der Waals surface area contributed by atoms with Gasteiger partial charge in [-0.15, -0.1) is 0 Å². The van der Waals surface area contributed by atoms with E-state index in [1.165, 1.54) is 48.7 Å². The summed E-state index contributed by atoms with van der Waals surface area (Å²) in [6.07, 6.45) is 0. The Hall–Kier alpha value is -6.06. The first kappa shape index (κ1) is 24.4. The highest BCUT2D eigenvalue weighted by Gasteiger charge is 2.23. The van der Waals surface area contributed by atoms with Crippen molar-refractivity contribution in [1.82, 2.24) is 14.5 Å². The van der Waals surface area contributed by atoms with E-state index >= 15 is 0 Å². The molecule has 0 amide bonds. The van der Waals surface area contributed by atoms with Crippen molar-refractivity contribution >= 4 is 65.0 Å². The quantitative estimate of drug-likeness (QED) is 0.198. The molecule has 0 N–H and O–H groups in total. The normalized spacial score (nSPS) is 12.0. The van der Waals surface area contributed by atoms with E-state index in [1.807, 2.05) is 0 Å². The molecule has 3 nitrogen and oxygen atoms in total. The van der Waals surface area contributed by atoms with E-state index in [0.29, 0.717) is 5.95 Å². The van der Waals surface area contributed by atoms with Crippen molar-refractivity contribution in [1.29, 1.82) is 0 Å². The Morgan fingerprint density at radius 2 is 1.04 bits per heavy atom. The summed E-state index contributed by atoms with van der Waals surface area (Å²) in [7, 11) is 0. The van der Waals surface area contributed by atoms with Gasteiger partial charge in [-0.2, -0.15) is 0 Å². The van der Waals surface area contributed by atoms with Gasteiger partial charge in [-0.25, -0.2) is 9.97 Å². The molecule has 0 spiro atoms. The van der Waals surface area contributed by atoms with Crippen LogP contribution in [-0.4, -0.2) is 14.5 Å². The molecule has 0 aliphatic carbocycles. The Morgan fingerprint density at radius 3 is 1.87 bits per heavy atom. The van der Waals surface area contributed by atoms with Gasteiger partial charge in [-0.1, -0.05) is 127 Å². The monoisotopic (exact) mass is 571 g/mol. The van der Waals surface area contributed by atoms with Gasteiger partial charge < -0.3 is 0 Å². The van der Waals surface area contributed by atoms with Crippen LogP contribution in [0.4, 0.5) is 0 Å². The predicted molar refractivity (Wildman–Crippen MR) is 188 cm³/mol. The molecule has 0 aliphatic heterocycles. The summed E-state index contributed by atoms with van der Waals surface area (Å²) >= 11 is 0. The second-order valence-corrected chi connectivity index (χ2v) is 11.8. The van der Waals surface area contributed by atoms with E-state index in [2.05, 4.69) is 156 Å². The third-order valence-electron chi connectivity index (χ3n) is 9.33. The van der Waals surface area contributed by atoms with Gasteiger partial charge in [0.15, 0.2) is 0 Å². The van der Waals surface area contributed by atoms with Crippen molar-refractivity contribution in [3.8, 4) is 28.3 Å². The molecular formula is C42H25N3. The van der Waals surface area contributed by atoms with Gasteiger partial charge in [-0.05, 0) is 62.3 Å². The highest BCUT2D eigenvalue weighted by molar-refractivity contribution is 6.39. The lowest BCUT2D eigenvalue weighted by atomic mass is 9.91. The molecule has 208 valence electrons. The van der Waals surface area contributed by atoms with Gasteiger partial charge in [0, 0.05) is 27.1 Å². The molecule has 3 heteroatoms. The molecule has 0 radical (unpaired) electrons. The van der Waals surface area contributed by atoms with Crippen LogP contribution in [0.25, 0.3) is 93.4 Å². The van der Waals surface area contributed by atoms with E-state index in [9.17, 15) is 0 Å². The average Bonchev–Trinajstić information content (AvgIpc) is 3.45. The first-order chi connectivity index (χ1) is 22.3. The molecule has 8 aromatic carbocycles. The van der Waals surface area contributed by atoms with Gasteiger partial charge in [0.05, 0.1) is 22.2 Å². The summed E-state index contributed by atoms with van der Waals surface area (Å²) in [5.41, 5.74) is 7.47. The third kappa shape index (κ3) is 3.46. The van der Waals surface area contributed by atoms with Crippen molar-refractivity contribution in [3.05, 3.63) is 152 Å². The summed E-state index contributed by atoms with van der Waals surface area (Å²) in [5.74, 6) is 0.677. The van der Waals surface area contributed by atoms with Crippen LogP contribution in [0.2, 0.25) is 0 Å². The maximum atomic E-state index is 5.38. The smallest absolute Gasteiger partial charge is 0.235 e. The molecule has 45 heavy (non-hydrogen) atoms. The van der Waals surface area contributed by atoms with Crippen molar-refractivity contribution < 1.29 is 0 Å². The van der Waals surface area contributed by atoms with Crippen LogP contribution < -0.4 is 0 Å². The summed E-state index contributed by atoms with van der Waals surface area (Å²) in [5, 5.41) is 11.1. The first-order valence-corrected chi connectivity index (χ1v) is 15.4. The number of fused-ring (bicyclic) bond motifs is 6. The lowest BCUT2D eigenvalue weighted by molar-refractivity contribution is 1.01. The number of hydrogen-bond donors (Lipinski definition) is 0.